The fourth-order valence-corrected chi connectivity index (χ4v) is 0.871. The third kappa shape index (κ3) is 1.99. The van der Waals surface area contributed by atoms with Gasteiger partial charge in [0, 0.05) is 5.69 Å². The number of aromatic amines is 1. The number of nitrogens with one attached hydrogen (secondary N) is 1. The Labute approximate surface area is 73.9 Å². The fraction of sp³-hybridized carbons (Fsp3) is 0.500. The molecule has 2 nitrogen and oxygen atoms in total. The van der Waals surface area contributed by atoms with Crippen molar-refractivity contribution in [1.82, 2.24) is 9.97 Å². The lowest BCUT2D eigenvalue weighted by Crippen LogP contribution is -2.10. The molecule has 0 saturated carbocycles. The number of hydrogen-bond acceptors (Lipinski definition) is 1. The zero-order valence-electron chi connectivity index (χ0n) is 6.72. The van der Waals surface area contributed by atoms with E-state index in [-0.39, 0.29) is 0 Å². The molecule has 0 bridgehead atoms. The summed E-state index contributed by atoms with van der Waals surface area (Å²) in [6, 6.07) is 0. The zero-order chi connectivity index (χ0) is 11.1. The van der Waals surface area contributed by atoms with Crippen molar-refractivity contribution < 1.29 is 26.3 Å². The van der Waals surface area contributed by atoms with E-state index in [1.807, 2.05) is 0 Å². The number of hydrogen-bond donors (Lipinski definition) is 1. The second kappa shape index (κ2) is 2.89. The highest BCUT2D eigenvalue weighted by Crippen LogP contribution is 2.34. The van der Waals surface area contributed by atoms with Crippen LogP contribution in [0.3, 0.4) is 0 Å². The van der Waals surface area contributed by atoms with Crippen LogP contribution in [-0.2, 0) is 12.4 Å². The van der Waals surface area contributed by atoms with Gasteiger partial charge in [-0.05, 0) is 6.92 Å². The summed E-state index contributed by atoms with van der Waals surface area (Å²) in [5.41, 5.74) is -2.19. The molecule has 0 aliphatic carbocycles. The molecule has 80 valence electrons. The molecule has 1 heterocycles. The molecule has 14 heavy (non-hydrogen) atoms. The van der Waals surface area contributed by atoms with Gasteiger partial charge in [0.25, 0.3) is 0 Å². The largest absolute Gasteiger partial charge is 0.449 e. The van der Waals surface area contributed by atoms with Crippen LogP contribution in [-0.4, -0.2) is 9.97 Å². The van der Waals surface area contributed by atoms with Gasteiger partial charge in [0.05, 0.1) is 0 Å². The SMILES string of the molecule is Cc1[nH]c(C(F)(F)F)nc1C(F)(F)F. The van der Waals surface area contributed by atoms with E-state index >= 15 is 0 Å². The third-order valence-corrected chi connectivity index (χ3v) is 1.42. The molecular formula is C6H4F6N2. The molecule has 0 atom stereocenters. The molecule has 0 fully saturated rings. The van der Waals surface area contributed by atoms with E-state index in [0.29, 0.717) is 0 Å². The molecule has 0 saturated heterocycles. The van der Waals surface area contributed by atoms with E-state index in [1.165, 1.54) is 4.98 Å². The highest BCUT2D eigenvalue weighted by molar-refractivity contribution is 5.17. The van der Waals surface area contributed by atoms with Gasteiger partial charge < -0.3 is 4.98 Å². The summed E-state index contributed by atoms with van der Waals surface area (Å²) >= 11 is 0. The van der Waals surface area contributed by atoms with Crippen molar-refractivity contribution in [2.75, 3.05) is 0 Å². The highest BCUT2D eigenvalue weighted by Gasteiger charge is 2.41. The van der Waals surface area contributed by atoms with Crippen LogP contribution in [0, 0.1) is 6.92 Å². The second-order valence-electron chi connectivity index (χ2n) is 2.55. The predicted octanol–water partition coefficient (Wildman–Crippen LogP) is 2.76. The van der Waals surface area contributed by atoms with Gasteiger partial charge in [-0.2, -0.15) is 26.3 Å². The molecule has 0 radical (unpaired) electrons. The van der Waals surface area contributed by atoms with Gasteiger partial charge >= 0.3 is 12.4 Å². The number of H-pyrrole nitrogens is 1. The quantitative estimate of drug-likeness (QED) is 0.666. The molecule has 1 N–H and O–H groups in total. The smallest absolute Gasteiger partial charge is 0.338 e. The number of imidazole rings is 1. The molecule has 0 aliphatic rings. The van der Waals surface area contributed by atoms with E-state index in [9.17, 15) is 26.3 Å². The number of halogens is 6. The Morgan fingerprint density at radius 2 is 1.50 bits per heavy atom. The lowest BCUT2D eigenvalue weighted by molar-refractivity contribution is -0.149. The summed E-state index contributed by atoms with van der Waals surface area (Å²) in [6.07, 6.45) is -9.77. The number of aryl methyl sites for hydroxylation is 1. The van der Waals surface area contributed by atoms with Crippen LogP contribution in [0.5, 0.6) is 0 Å². The number of aromatic nitrogens is 2. The van der Waals surface area contributed by atoms with Crippen molar-refractivity contribution in [1.29, 1.82) is 0 Å². The first kappa shape index (κ1) is 10.9. The Morgan fingerprint density at radius 1 is 1.00 bits per heavy atom. The number of rotatable bonds is 0. The van der Waals surface area contributed by atoms with Crippen LogP contribution >= 0.6 is 0 Å². The topological polar surface area (TPSA) is 28.7 Å². The third-order valence-electron chi connectivity index (χ3n) is 1.42. The van der Waals surface area contributed by atoms with E-state index in [0.717, 1.165) is 6.92 Å². The van der Waals surface area contributed by atoms with Gasteiger partial charge in [-0.3, -0.25) is 0 Å². The molecule has 0 amide bonds. The van der Waals surface area contributed by atoms with Crippen molar-refractivity contribution >= 4 is 0 Å². The van der Waals surface area contributed by atoms with Crippen LogP contribution in [0.2, 0.25) is 0 Å². The van der Waals surface area contributed by atoms with Crippen molar-refractivity contribution in [3.05, 3.63) is 17.2 Å². The Hall–Kier alpha value is -1.21. The van der Waals surface area contributed by atoms with Crippen molar-refractivity contribution in [3.8, 4) is 0 Å². The summed E-state index contributed by atoms with van der Waals surface area (Å²) in [5.74, 6) is -1.64. The van der Waals surface area contributed by atoms with Crippen LogP contribution in [0.4, 0.5) is 26.3 Å². The van der Waals surface area contributed by atoms with Crippen molar-refractivity contribution in [2.24, 2.45) is 0 Å². The molecule has 8 heteroatoms. The summed E-state index contributed by atoms with van der Waals surface area (Å²) in [7, 11) is 0. The Morgan fingerprint density at radius 3 is 1.71 bits per heavy atom. The first-order valence-electron chi connectivity index (χ1n) is 3.33. The maximum Gasteiger partial charge on any atom is 0.449 e. The van der Waals surface area contributed by atoms with Gasteiger partial charge in [0.15, 0.2) is 5.69 Å². The van der Waals surface area contributed by atoms with Gasteiger partial charge in [0.2, 0.25) is 5.82 Å². The van der Waals surface area contributed by atoms with Crippen LogP contribution in [0.25, 0.3) is 0 Å². The first-order chi connectivity index (χ1) is 6.12. The average Bonchev–Trinajstić information content (AvgIpc) is 2.27. The molecule has 0 aliphatic heterocycles. The van der Waals surface area contributed by atoms with Crippen molar-refractivity contribution in [2.45, 2.75) is 19.3 Å². The zero-order valence-corrected chi connectivity index (χ0v) is 6.72. The van der Waals surface area contributed by atoms with Crippen LogP contribution < -0.4 is 0 Å². The lowest BCUT2D eigenvalue weighted by atomic mass is 10.3. The Kier molecular flexibility index (Phi) is 2.24. The van der Waals surface area contributed by atoms with E-state index in [2.05, 4.69) is 4.98 Å². The summed E-state index contributed by atoms with van der Waals surface area (Å²) < 4.78 is 71.7. The summed E-state index contributed by atoms with van der Waals surface area (Å²) in [6.45, 7) is 0.880. The molecular weight excluding hydrogens is 214 g/mol. The van der Waals surface area contributed by atoms with Gasteiger partial charge in [-0.25, -0.2) is 4.98 Å². The van der Waals surface area contributed by atoms with Gasteiger partial charge in [-0.1, -0.05) is 0 Å². The molecule has 1 aromatic heterocycles. The molecule has 0 spiro atoms. The van der Waals surface area contributed by atoms with E-state index in [4.69, 9.17) is 0 Å². The summed E-state index contributed by atoms with van der Waals surface area (Å²) in [4.78, 5) is 3.98. The highest BCUT2D eigenvalue weighted by atomic mass is 19.4. The van der Waals surface area contributed by atoms with Crippen LogP contribution in [0.15, 0.2) is 0 Å². The standard InChI is InChI=1S/C6H4F6N2/c1-2-3(5(7,8)9)14-4(13-2)6(10,11)12/h1H3,(H,13,14). The molecule has 0 unspecified atom stereocenters. The monoisotopic (exact) mass is 218 g/mol. The minimum atomic E-state index is -4.89. The molecule has 1 rings (SSSR count). The van der Waals surface area contributed by atoms with E-state index < -0.39 is 29.6 Å². The van der Waals surface area contributed by atoms with Crippen LogP contribution in [0.1, 0.15) is 17.2 Å². The minimum absolute atomic E-state index is 0.648. The maximum atomic E-state index is 12.0. The number of alkyl halides is 6. The first-order valence-corrected chi connectivity index (χ1v) is 3.33. The number of nitrogens with zero attached hydrogens (tertiary/aromatic N) is 1. The second-order valence-corrected chi connectivity index (χ2v) is 2.55. The minimum Gasteiger partial charge on any atom is -0.338 e. The average molecular weight is 218 g/mol. The maximum absolute atomic E-state index is 12.0. The fourth-order valence-electron chi connectivity index (χ4n) is 0.871. The Bertz CT molecular complexity index is 333. The molecule has 0 aromatic carbocycles. The van der Waals surface area contributed by atoms with E-state index in [1.54, 1.807) is 0 Å². The normalized spacial score (nSPS) is 13.4. The van der Waals surface area contributed by atoms with Gasteiger partial charge in [-0.15, -0.1) is 0 Å². The Balaban J connectivity index is 3.19. The summed E-state index contributed by atoms with van der Waals surface area (Å²) in [5, 5.41) is 0. The lowest BCUT2D eigenvalue weighted by Gasteiger charge is -2.02. The predicted molar refractivity (Wildman–Crippen MR) is 33.3 cm³/mol. The molecule has 1 aromatic rings. The van der Waals surface area contributed by atoms with Crippen molar-refractivity contribution in [3.63, 3.8) is 0 Å². The van der Waals surface area contributed by atoms with Gasteiger partial charge in [0.1, 0.15) is 0 Å².